The minimum Gasteiger partial charge on any atom is -0.350 e. The molecule has 2 aromatic carbocycles. The summed E-state index contributed by atoms with van der Waals surface area (Å²) in [6, 6.07) is 15.2. The highest BCUT2D eigenvalue weighted by Crippen LogP contribution is 2.19. The number of hydrogen-bond acceptors (Lipinski definition) is 2. The lowest BCUT2D eigenvalue weighted by Gasteiger charge is -2.24. The Morgan fingerprint density at radius 1 is 1.08 bits per heavy atom. The lowest BCUT2D eigenvalue weighted by atomic mass is 10.1. The van der Waals surface area contributed by atoms with Crippen molar-refractivity contribution in [3.05, 3.63) is 71.5 Å². The third-order valence-electron chi connectivity index (χ3n) is 4.43. The zero-order valence-electron chi connectivity index (χ0n) is 14.0. The van der Waals surface area contributed by atoms with E-state index >= 15 is 0 Å². The van der Waals surface area contributed by atoms with Crippen LogP contribution in [-0.4, -0.2) is 29.3 Å². The molecule has 0 aliphatic carbocycles. The Bertz CT molecular complexity index is 748. The van der Waals surface area contributed by atoms with E-state index in [1.165, 1.54) is 12.1 Å². The fourth-order valence-electron chi connectivity index (χ4n) is 3.16. The average Bonchev–Trinajstić information content (AvgIpc) is 3.11. The van der Waals surface area contributed by atoms with Gasteiger partial charge in [0.25, 0.3) is 0 Å². The summed E-state index contributed by atoms with van der Waals surface area (Å²) < 4.78 is 13.2. The molecule has 1 unspecified atom stereocenters. The Morgan fingerprint density at radius 3 is 2.60 bits per heavy atom. The summed E-state index contributed by atoms with van der Waals surface area (Å²) in [5.74, 6) is -0.537. The number of amides is 2. The molecule has 4 nitrogen and oxygen atoms in total. The van der Waals surface area contributed by atoms with Crippen LogP contribution in [0, 0.1) is 5.82 Å². The first-order valence-corrected chi connectivity index (χ1v) is 8.49. The largest absolute Gasteiger partial charge is 0.350 e. The van der Waals surface area contributed by atoms with Crippen molar-refractivity contribution in [3.63, 3.8) is 0 Å². The quantitative estimate of drug-likeness (QED) is 0.910. The fourth-order valence-corrected chi connectivity index (χ4v) is 3.16. The van der Waals surface area contributed by atoms with Gasteiger partial charge < -0.3 is 10.2 Å². The summed E-state index contributed by atoms with van der Waals surface area (Å²) in [6.45, 7) is 0.859. The number of hydrogen-bond donors (Lipinski definition) is 1. The van der Waals surface area contributed by atoms with Gasteiger partial charge in [-0.15, -0.1) is 0 Å². The van der Waals surface area contributed by atoms with Gasteiger partial charge in [-0.25, -0.2) is 4.39 Å². The Morgan fingerprint density at radius 2 is 1.84 bits per heavy atom. The van der Waals surface area contributed by atoms with Crippen LogP contribution in [0.4, 0.5) is 4.39 Å². The number of carbonyl (C=O) groups is 2. The third kappa shape index (κ3) is 4.44. The predicted molar refractivity (Wildman–Crippen MR) is 93.1 cm³/mol. The van der Waals surface area contributed by atoms with Gasteiger partial charge in [0.15, 0.2) is 0 Å². The van der Waals surface area contributed by atoms with Crippen molar-refractivity contribution in [1.29, 1.82) is 0 Å². The summed E-state index contributed by atoms with van der Waals surface area (Å²) in [6.07, 6.45) is 1.78. The maximum absolute atomic E-state index is 13.2. The third-order valence-corrected chi connectivity index (χ3v) is 4.43. The van der Waals surface area contributed by atoms with E-state index in [2.05, 4.69) is 5.32 Å². The Hall–Kier alpha value is -2.69. The molecule has 1 N–H and O–H groups in total. The van der Waals surface area contributed by atoms with Gasteiger partial charge in [-0.3, -0.25) is 9.59 Å². The first-order chi connectivity index (χ1) is 12.1. The van der Waals surface area contributed by atoms with Crippen LogP contribution in [0.2, 0.25) is 0 Å². The maximum Gasteiger partial charge on any atom is 0.243 e. The van der Waals surface area contributed by atoms with Gasteiger partial charge in [-0.1, -0.05) is 42.5 Å². The number of rotatable bonds is 5. The molecule has 1 aliphatic heterocycles. The van der Waals surface area contributed by atoms with E-state index in [1.54, 1.807) is 17.0 Å². The molecule has 1 atom stereocenters. The van der Waals surface area contributed by atoms with Gasteiger partial charge in [0.2, 0.25) is 11.8 Å². The molecule has 2 amide bonds. The van der Waals surface area contributed by atoms with Crippen molar-refractivity contribution in [1.82, 2.24) is 10.2 Å². The van der Waals surface area contributed by atoms with E-state index in [4.69, 9.17) is 0 Å². The number of nitrogens with one attached hydrogen (secondary N) is 1. The van der Waals surface area contributed by atoms with E-state index in [1.807, 2.05) is 30.3 Å². The zero-order chi connectivity index (χ0) is 17.6. The second kappa shape index (κ2) is 7.92. The van der Waals surface area contributed by atoms with Gasteiger partial charge in [0.05, 0.1) is 6.42 Å². The standard InChI is InChI=1S/C20H21FN2O2/c21-17-9-4-8-16(12-17)14-22-20(25)18-10-5-11-23(18)19(24)13-15-6-2-1-3-7-15/h1-4,6-9,12,18H,5,10-11,13-14H2,(H,22,25). The molecule has 0 aromatic heterocycles. The van der Waals surface area contributed by atoms with Crippen LogP contribution in [-0.2, 0) is 22.6 Å². The molecule has 0 spiro atoms. The Kier molecular flexibility index (Phi) is 5.43. The summed E-state index contributed by atoms with van der Waals surface area (Å²) in [4.78, 5) is 26.7. The van der Waals surface area contributed by atoms with E-state index in [0.717, 1.165) is 12.0 Å². The molecule has 130 valence electrons. The smallest absolute Gasteiger partial charge is 0.243 e. The van der Waals surface area contributed by atoms with Gasteiger partial charge in [-0.2, -0.15) is 0 Å². The Balaban J connectivity index is 1.58. The number of carbonyl (C=O) groups excluding carboxylic acids is 2. The average molecular weight is 340 g/mol. The van der Waals surface area contributed by atoms with Gasteiger partial charge in [0, 0.05) is 13.1 Å². The highest BCUT2D eigenvalue weighted by molar-refractivity contribution is 5.89. The van der Waals surface area contributed by atoms with Crippen molar-refractivity contribution in [2.75, 3.05) is 6.54 Å². The van der Waals surface area contributed by atoms with Gasteiger partial charge >= 0.3 is 0 Å². The first-order valence-electron chi connectivity index (χ1n) is 8.49. The van der Waals surface area contributed by atoms with Crippen LogP contribution in [0.15, 0.2) is 54.6 Å². The SMILES string of the molecule is O=C(NCc1cccc(F)c1)C1CCCN1C(=O)Cc1ccccc1. The van der Waals surface area contributed by atoms with E-state index in [0.29, 0.717) is 24.9 Å². The van der Waals surface area contributed by atoms with Crippen LogP contribution in [0.25, 0.3) is 0 Å². The normalized spacial score (nSPS) is 16.7. The molecule has 0 radical (unpaired) electrons. The van der Waals surface area contributed by atoms with Crippen LogP contribution in [0.5, 0.6) is 0 Å². The molecule has 0 bridgehead atoms. The molecular formula is C20H21FN2O2. The van der Waals surface area contributed by atoms with Crippen LogP contribution in [0.3, 0.4) is 0 Å². The highest BCUT2D eigenvalue weighted by atomic mass is 19.1. The number of likely N-dealkylation sites (tertiary alicyclic amines) is 1. The zero-order valence-corrected chi connectivity index (χ0v) is 14.0. The minimum absolute atomic E-state index is 0.0328. The molecule has 5 heteroatoms. The second-order valence-corrected chi connectivity index (χ2v) is 6.26. The molecule has 0 saturated carbocycles. The van der Waals surface area contributed by atoms with Crippen LogP contribution < -0.4 is 5.32 Å². The molecule has 1 aliphatic rings. The lowest BCUT2D eigenvalue weighted by molar-refractivity contribution is -0.138. The fraction of sp³-hybridized carbons (Fsp3) is 0.300. The topological polar surface area (TPSA) is 49.4 Å². The van der Waals surface area contributed by atoms with E-state index < -0.39 is 6.04 Å². The number of halogens is 1. The predicted octanol–water partition coefficient (Wildman–Crippen LogP) is 2.68. The van der Waals surface area contributed by atoms with Crippen molar-refractivity contribution >= 4 is 11.8 Å². The number of nitrogens with zero attached hydrogens (tertiary/aromatic N) is 1. The molecule has 3 rings (SSSR count). The van der Waals surface area contributed by atoms with Gasteiger partial charge in [-0.05, 0) is 36.1 Å². The van der Waals surface area contributed by atoms with Crippen LogP contribution >= 0.6 is 0 Å². The molecule has 1 saturated heterocycles. The summed E-state index contributed by atoms with van der Waals surface area (Å²) in [5.41, 5.74) is 1.65. The van der Waals surface area contributed by atoms with Crippen LogP contribution in [0.1, 0.15) is 24.0 Å². The number of benzene rings is 2. The second-order valence-electron chi connectivity index (χ2n) is 6.26. The molecule has 25 heavy (non-hydrogen) atoms. The Labute approximate surface area is 146 Å². The van der Waals surface area contributed by atoms with Crippen molar-refractivity contribution < 1.29 is 14.0 Å². The highest BCUT2D eigenvalue weighted by Gasteiger charge is 2.33. The van der Waals surface area contributed by atoms with E-state index in [-0.39, 0.29) is 24.2 Å². The monoisotopic (exact) mass is 340 g/mol. The molecule has 1 fully saturated rings. The minimum atomic E-state index is -0.440. The molecular weight excluding hydrogens is 319 g/mol. The first kappa shape index (κ1) is 17.1. The van der Waals surface area contributed by atoms with Crippen molar-refractivity contribution in [2.45, 2.75) is 31.8 Å². The van der Waals surface area contributed by atoms with Gasteiger partial charge in [0.1, 0.15) is 11.9 Å². The summed E-state index contributed by atoms with van der Waals surface area (Å²) >= 11 is 0. The maximum atomic E-state index is 13.2. The summed E-state index contributed by atoms with van der Waals surface area (Å²) in [7, 11) is 0. The van der Waals surface area contributed by atoms with E-state index in [9.17, 15) is 14.0 Å². The lowest BCUT2D eigenvalue weighted by Crippen LogP contribution is -2.46. The van der Waals surface area contributed by atoms with Crippen molar-refractivity contribution in [2.24, 2.45) is 0 Å². The van der Waals surface area contributed by atoms with Crippen molar-refractivity contribution in [3.8, 4) is 0 Å². The summed E-state index contributed by atoms with van der Waals surface area (Å²) in [5, 5.41) is 2.82. The molecule has 2 aromatic rings. The molecule has 1 heterocycles.